The largest absolute Gasteiger partial charge is 0.494 e. The number of rotatable bonds is 20. The first kappa shape index (κ1) is 48.8. The molecular formula is C59H54N6O9. The number of benzene rings is 6. The van der Waals surface area contributed by atoms with Crippen molar-refractivity contribution in [2.75, 3.05) is 30.6 Å². The number of amides is 3. The molecule has 0 fully saturated rings. The Morgan fingerprint density at radius 3 is 1.73 bits per heavy atom. The minimum atomic E-state index is -0.354. The Morgan fingerprint density at radius 1 is 0.649 bits per heavy atom. The number of anilines is 2. The van der Waals surface area contributed by atoms with Crippen LogP contribution in [-0.4, -0.2) is 74.6 Å². The maximum atomic E-state index is 14.1. The van der Waals surface area contributed by atoms with Gasteiger partial charge in [0.1, 0.15) is 19.0 Å². The van der Waals surface area contributed by atoms with Crippen LogP contribution in [0.4, 0.5) is 22.7 Å². The van der Waals surface area contributed by atoms with Crippen molar-refractivity contribution in [3.63, 3.8) is 0 Å². The summed E-state index contributed by atoms with van der Waals surface area (Å²) in [5, 5.41) is 4.44. The monoisotopic (exact) mass is 990 g/mol. The van der Waals surface area contributed by atoms with Crippen molar-refractivity contribution in [2.24, 2.45) is 15.1 Å². The number of nitrogens with zero attached hydrogens (tertiary/aromatic N) is 5. The van der Waals surface area contributed by atoms with E-state index in [1.807, 2.05) is 109 Å². The maximum absolute atomic E-state index is 14.1. The van der Waals surface area contributed by atoms with Gasteiger partial charge in [0.25, 0.3) is 11.8 Å². The Morgan fingerprint density at radius 2 is 1.19 bits per heavy atom. The van der Waals surface area contributed by atoms with E-state index in [4.69, 9.17) is 33.7 Å². The molecule has 15 heteroatoms. The number of ketones is 1. The minimum absolute atomic E-state index is 0.0123. The summed E-state index contributed by atoms with van der Waals surface area (Å²) >= 11 is 0. The molecule has 0 aromatic heterocycles. The third-order valence-electron chi connectivity index (χ3n) is 13.4. The van der Waals surface area contributed by atoms with Gasteiger partial charge in [-0.1, -0.05) is 73.3 Å². The molecule has 6 aromatic rings. The molecule has 0 radical (unpaired) electrons. The maximum Gasteiger partial charge on any atom is 0.261 e. The van der Waals surface area contributed by atoms with Crippen LogP contribution in [-0.2, 0) is 35.6 Å². The van der Waals surface area contributed by atoms with Gasteiger partial charge in [0.2, 0.25) is 5.91 Å². The zero-order valence-electron chi connectivity index (χ0n) is 41.1. The summed E-state index contributed by atoms with van der Waals surface area (Å²) in [5.41, 5.74) is 11.5. The number of methoxy groups -OCH3 is 2. The van der Waals surface area contributed by atoms with E-state index >= 15 is 0 Å². The molecule has 4 aliphatic heterocycles. The molecule has 15 nitrogen and oxygen atoms in total. The highest BCUT2D eigenvalue weighted by Crippen LogP contribution is 2.43. The number of aliphatic imine (C=N–C) groups is 2. The Balaban J connectivity index is 0.871. The van der Waals surface area contributed by atoms with Crippen LogP contribution >= 0.6 is 0 Å². The van der Waals surface area contributed by atoms with Gasteiger partial charge < -0.3 is 23.7 Å². The fourth-order valence-electron chi connectivity index (χ4n) is 9.68. The molecule has 3 amide bonds. The van der Waals surface area contributed by atoms with Crippen LogP contribution in [0.5, 0.6) is 28.7 Å². The second-order valence-electron chi connectivity index (χ2n) is 18.2. The summed E-state index contributed by atoms with van der Waals surface area (Å²) in [7, 11) is 3.08. The predicted octanol–water partition coefficient (Wildman–Crippen LogP) is 10.0. The van der Waals surface area contributed by atoms with Crippen LogP contribution in [0.2, 0.25) is 0 Å². The number of ether oxygens (including phenoxy) is 5. The van der Waals surface area contributed by atoms with Gasteiger partial charge in [-0.2, -0.15) is 5.10 Å². The summed E-state index contributed by atoms with van der Waals surface area (Å²) in [6.07, 6.45) is 8.19. The molecular weight excluding hydrogens is 937 g/mol. The molecule has 2 unspecified atom stereocenters. The third kappa shape index (κ3) is 10.4. The van der Waals surface area contributed by atoms with E-state index in [2.05, 4.69) is 17.1 Å². The van der Waals surface area contributed by atoms with E-state index in [0.29, 0.717) is 95.7 Å². The lowest BCUT2D eigenvalue weighted by atomic mass is 10.0. The molecule has 6 aromatic carbocycles. The van der Waals surface area contributed by atoms with Crippen LogP contribution < -0.4 is 38.9 Å². The first-order valence-electron chi connectivity index (χ1n) is 24.6. The van der Waals surface area contributed by atoms with E-state index in [1.165, 1.54) is 20.3 Å². The van der Waals surface area contributed by atoms with Gasteiger partial charge >= 0.3 is 0 Å². The minimum Gasteiger partial charge on any atom is -0.494 e. The first-order valence-corrected chi connectivity index (χ1v) is 24.6. The van der Waals surface area contributed by atoms with E-state index in [0.717, 1.165) is 39.2 Å². The first-order chi connectivity index (χ1) is 36.2. The molecule has 0 saturated carbocycles. The number of hydrogen-bond donors (Lipinski definition) is 1. The summed E-state index contributed by atoms with van der Waals surface area (Å²) in [4.78, 5) is 65.5. The Kier molecular flexibility index (Phi) is 14.4. The van der Waals surface area contributed by atoms with Gasteiger partial charge in [-0.3, -0.25) is 39.0 Å². The lowest BCUT2D eigenvalue weighted by molar-refractivity contribution is -0.123. The van der Waals surface area contributed by atoms with E-state index in [9.17, 15) is 19.2 Å². The second kappa shape index (κ2) is 21.9. The van der Waals surface area contributed by atoms with E-state index in [-0.39, 0.29) is 61.6 Å². The predicted molar refractivity (Wildman–Crippen MR) is 284 cm³/mol. The number of hydrazone groups is 1. The standard InChI is InChI=1S/C59H54N6O9/c1-4-44(66)21-22-57(67)63-62-48(39-14-6-5-7-15-39)18-12-13-23-72-45-25-37(35-73-55-31-49-46(29-53(55)70-2)58(68)64-42(33-60-49)27-40-16-8-10-19-51(40)64)24-38(26-45)36-74-56-32-50-47(30-54(56)71-3)59(69)65-43(34-61-50)28-41-17-9-11-20-52(41)65/h4-11,14-17,19-20,24-26,29-34,42-43H,1,12-13,18,21-23,27-28,35-36H2,2-3H3,(H,63,67). The summed E-state index contributed by atoms with van der Waals surface area (Å²) < 4.78 is 31.0. The van der Waals surface area contributed by atoms with Gasteiger partial charge in [0, 0.05) is 61.6 Å². The van der Waals surface area contributed by atoms with Crippen molar-refractivity contribution < 1.29 is 42.9 Å². The van der Waals surface area contributed by atoms with Crippen molar-refractivity contribution in [3.05, 3.63) is 173 Å². The van der Waals surface area contributed by atoms with Crippen LogP contribution in [0.15, 0.2) is 149 Å². The second-order valence-corrected chi connectivity index (χ2v) is 18.2. The quantitative estimate of drug-likeness (QED) is 0.0339. The van der Waals surface area contributed by atoms with Crippen LogP contribution in [0.3, 0.4) is 0 Å². The fraction of sp³-hybridized carbons (Fsp3) is 0.237. The highest BCUT2D eigenvalue weighted by atomic mass is 16.5. The molecule has 74 heavy (non-hydrogen) atoms. The SMILES string of the molecule is C=CC(=O)CCC(=O)NN=C(CCCCOc1cc(COc2cc3c(cc2OC)C(=O)N2c4ccccc4CC2C=N3)cc(COc2cc3c(cc2OC)C(=O)N2c4ccccc4CC2C=N3)c1)c1ccccc1. The van der Waals surface area contributed by atoms with Gasteiger partial charge in [0.05, 0.1) is 61.1 Å². The van der Waals surface area contributed by atoms with Crippen molar-refractivity contribution in [2.45, 2.75) is 70.2 Å². The number of hydrogen-bond acceptors (Lipinski definition) is 12. The molecule has 0 saturated heterocycles. The van der Waals surface area contributed by atoms with Gasteiger partial charge in [-0.15, -0.1) is 0 Å². The summed E-state index contributed by atoms with van der Waals surface area (Å²) in [6, 6.07) is 37.6. The molecule has 4 heterocycles. The number of nitrogens with one attached hydrogen (secondary N) is 1. The molecule has 10 rings (SSSR count). The molecule has 2 atom stereocenters. The van der Waals surface area contributed by atoms with Crippen LogP contribution in [0.25, 0.3) is 0 Å². The average Bonchev–Trinajstić information content (AvgIpc) is 3.93. The van der Waals surface area contributed by atoms with Gasteiger partial charge in [-0.25, -0.2) is 5.43 Å². The number of fused-ring (bicyclic) bond motifs is 8. The summed E-state index contributed by atoms with van der Waals surface area (Å²) in [5.74, 6) is 1.29. The van der Waals surface area contributed by atoms with Crippen molar-refractivity contribution in [1.29, 1.82) is 0 Å². The zero-order valence-corrected chi connectivity index (χ0v) is 41.1. The number of allylic oxidation sites excluding steroid dienone is 1. The highest BCUT2D eigenvalue weighted by Gasteiger charge is 2.38. The number of carbonyl (C=O) groups excluding carboxylic acids is 4. The van der Waals surface area contributed by atoms with E-state index < -0.39 is 0 Å². The van der Waals surface area contributed by atoms with Crippen LogP contribution in [0.1, 0.15) is 80.6 Å². The molecule has 4 aliphatic rings. The number of para-hydroxylation sites is 2. The summed E-state index contributed by atoms with van der Waals surface area (Å²) in [6.45, 7) is 4.04. The number of carbonyl (C=O) groups is 4. The van der Waals surface area contributed by atoms with Crippen molar-refractivity contribution in [3.8, 4) is 28.7 Å². The molecule has 374 valence electrons. The lowest BCUT2D eigenvalue weighted by Gasteiger charge is -2.22. The molecule has 0 aliphatic carbocycles. The smallest absolute Gasteiger partial charge is 0.261 e. The molecule has 1 N–H and O–H groups in total. The fourth-order valence-corrected chi connectivity index (χ4v) is 9.68. The topological polar surface area (TPSA) is 170 Å². The van der Waals surface area contributed by atoms with Gasteiger partial charge in [-0.05, 0) is 95.6 Å². The Hall–Kier alpha value is -8.85. The van der Waals surface area contributed by atoms with Crippen molar-refractivity contribution >= 4 is 64.4 Å². The molecule has 0 spiro atoms. The average molecular weight is 991 g/mol. The third-order valence-corrected chi connectivity index (χ3v) is 13.4. The highest BCUT2D eigenvalue weighted by molar-refractivity contribution is 6.16. The lowest BCUT2D eigenvalue weighted by Crippen LogP contribution is -2.37. The Bertz CT molecular complexity index is 3100. The zero-order chi connectivity index (χ0) is 51.1. The van der Waals surface area contributed by atoms with Gasteiger partial charge in [0.15, 0.2) is 28.8 Å². The van der Waals surface area contributed by atoms with Crippen molar-refractivity contribution in [1.82, 2.24) is 5.43 Å². The van der Waals surface area contributed by atoms with Crippen LogP contribution in [0, 0.1) is 0 Å². The van der Waals surface area contributed by atoms with E-state index in [1.54, 1.807) is 34.1 Å². The normalized spacial score (nSPS) is 15.9. The Labute approximate surface area is 428 Å². The molecule has 0 bridgehead atoms. The number of unbranched alkanes of at least 4 members (excludes halogenated alkanes) is 1.